The normalized spacial score (nSPS) is 10.6. The maximum Gasteiger partial charge on any atom is 0.355 e. The Bertz CT molecular complexity index is 632. The van der Waals surface area contributed by atoms with Crippen molar-refractivity contribution in [3.8, 4) is 10.6 Å². The number of hydrogen-bond acceptors (Lipinski definition) is 4. The van der Waals surface area contributed by atoms with E-state index in [1.807, 2.05) is 13.8 Å². The highest BCUT2D eigenvalue weighted by Gasteiger charge is 2.11. The zero-order chi connectivity index (χ0) is 14.7. The molecule has 0 saturated heterocycles. The van der Waals surface area contributed by atoms with Gasteiger partial charge in [-0.25, -0.2) is 9.78 Å². The first-order chi connectivity index (χ1) is 9.47. The second-order valence-electron chi connectivity index (χ2n) is 4.56. The number of amides is 1. The summed E-state index contributed by atoms with van der Waals surface area (Å²) in [6, 6.07) is 7.16. The van der Waals surface area contributed by atoms with Crippen LogP contribution in [0, 0.1) is 5.92 Å². The summed E-state index contributed by atoms with van der Waals surface area (Å²) < 4.78 is 0. The average Bonchev–Trinajstić information content (AvgIpc) is 2.89. The van der Waals surface area contributed by atoms with Gasteiger partial charge in [-0.2, -0.15) is 0 Å². The Balaban J connectivity index is 2.15. The summed E-state index contributed by atoms with van der Waals surface area (Å²) in [6.07, 6.45) is 0. The Morgan fingerprint density at radius 1 is 1.25 bits per heavy atom. The van der Waals surface area contributed by atoms with E-state index in [4.69, 9.17) is 5.11 Å². The summed E-state index contributed by atoms with van der Waals surface area (Å²) >= 11 is 1.28. The third-order valence-electron chi connectivity index (χ3n) is 2.65. The zero-order valence-electron chi connectivity index (χ0n) is 11.1. The van der Waals surface area contributed by atoms with Crippen LogP contribution in [0.25, 0.3) is 10.6 Å². The number of nitrogens with one attached hydrogen (secondary N) is 1. The number of carbonyl (C=O) groups excluding carboxylic acids is 1. The number of carboxylic acid groups (broad SMARTS) is 1. The summed E-state index contributed by atoms with van der Waals surface area (Å²) in [7, 11) is 0. The monoisotopic (exact) mass is 290 g/mol. The topological polar surface area (TPSA) is 79.3 Å². The molecule has 6 heteroatoms. The molecule has 5 nitrogen and oxygen atoms in total. The van der Waals surface area contributed by atoms with E-state index >= 15 is 0 Å². The molecule has 0 aliphatic heterocycles. The molecule has 1 heterocycles. The lowest BCUT2D eigenvalue weighted by Gasteiger charge is -2.07. The van der Waals surface area contributed by atoms with Crippen LogP contribution in [0.2, 0.25) is 0 Å². The van der Waals surface area contributed by atoms with E-state index in [9.17, 15) is 9.59 Å². The Morgan fingerprint density at radius 2 is 1.90 bits per heavy atom. The van der Waals surface area contributed by atoms with E-state index in [2.05, 4.69) is 10.3 Å². The first-order valence-corrected chi connectivity index (χ1v) is 6.95. The molecule has 20 heavy (non-hydrogen) atoms. The van der Waals surface area contributed by atoms with Crippen LogP contribution in [0.5, 0.6) is 0 Å². The van der Waals surface area contributed by atoms with Crippen LogP contribution < -0.4 is 5.32 Å². The molecule has 2 aromatic rings. The molecule has 0 saturated carbocycles. The molecular weight excluding hydrogens is 276 g/mol. The lowest BCUT2D eigenvalue weighted by atomic mass is 10.2. The van der Waals surface area contributed by atoms with Crippen molar-refractivity contribution in [3.63, 3.8) is 0 Å². The molecule has 0 aliphatic carbocycles. The van der Waals surface area contributed by atoms with Crippen LogP contribution >= 0.6 is 11.3 Å². The van der Waals surface area contributed by atoms with Crippen molar-refractivity contribution in [2.45, 2.75) is 13.8 Å². The molecule has 0 atom stereocenters. The van der Waals surface area contributed by atoms with Gasteiger partial charge < -0.3 is 10.4 Å². The second kappa shape index (κ2) is 5.83. The van der Waals surface area contributed by atoms with Gasteiger partial charge in [-0.15, -0.1) is 11.3 Å². The summed E-state index contributed by atoms with van der Waals surface area (Å²) in [5.41, 5.74) is 1.58. The van der Waals surface area contributed by atoms with Gasteiger partial charge in [0.1, 0.15) is 5.01 Å². The summed E-state index contributed by atoms with van der Waals surface area (Å²) in [6.45, 7) is 3.65. The van der Waals surface area contributed by atoms with E-state index < -0.39 is 5.97 Å². The van der Waals surface area contributed by atoms with Crippen molar-refractivity contribution in [1.82, 2.24) is 4.98 Å². The van der Waals surface area contributed by atoms with Crippen LogP contribution in [0.4, 0.5) is 5.69 Å². The van der Waals surface area contributed by atoms with E-state index in [0.717, 1.165) is 5.56 Å². The largest absolute Gasteiger partial charge is 0.476 e. The highest BCUT2D eigenvalue weighted by atomic mass is 32.1. The lowest BCUT2D eigenvalue weighted by Crippen LogP contribution is -2.17. The molecule has 2 N–H and O–H groups in total. The molecule has 1 amide bonds. The van der Waals surface area contributed by atoms with Gasteiger partial charge in [0.15, 0.2) is 5.69 Å². The Kier molecular flexibility index (Phi) is 4.14. The minimum Gasteiger partial charge on any atom is -0.476 e. The number of benzene rings is 1. The molecule has 1 aromatic carbocycles. The number of hydrogen-bond donors (Lipinski definition) is 2. The van der Waals surface area contributed by atoms with Crippen molar-refractivity contribution in [2.24, 2.45) is 5.92 Å². The van der Waals surface area contributed by atoms with Crippen LogP contribution in [0.1, 0.15) is 24.3 Å². The maximum atomic E-state index is 11.6. The molecule has 0 radical (unpaired) electrons. The van der Waals surface area contributed by atoms with Crippen LogP contribution in [0.3, 0.4) is 0 Å². The minimum absolute atomic E-state index is 0.0415. The van der Waals surface area contributed by atoms with Gasteiger partial charge in [-0.05, 0) is 24.3 Å². The summed E-state index contributed by atoms with van der Waals surface area (Å²) in [5.74, 6) is -1.15. The number of aromatic nitrogens is 1. The Morgan fingerprint density at radius 3 is 2.40 bits per heavy atom. The van der Waals surface area contributed by atoms with Crippen molar-refractivity contribution < 1.29 is 14.7 Å². The van der Waals surface area contributed by atoms with Gasteiger partial charge in [0.05, 0.1) is 0 Å². The number of nitrogens with zero attached hydrogens (tertiary/aromatic N) is 1. The number of carbonyl (C=O) groups is 2. The van der Waals surface area contributed by atoms with E-state index in [-0.39, 0.29) is 17.5 Å². The molecule has 0 aliphatic rings. The van der Waals surface area contributed by atoms with Crippen molar-refractivity contribution in [3.05, 3.63) is 35.3 Å². The van der Waals surface area contributed by atoms with Crippen molar-refractivity contribution in [2.75, 3.05) is 5.32 Å². The number of rotatable bonds is 4. The fraction of sp³-hybridized carbons (Fsp3) is 0.214. The fourth-order valence-electron chi connectivity index (χ4n) is 1.49. The molecular formula is C14H14N2O3S. The third kappa shape index (κ3) is 3.21. The van der Waals surface area contributed by atoms with Gasteiger partial charge in [-0.3, -0.25) is 4.79 Å². The van der Waals surface area contributed by atoms with Gasteiger partial charge in [0.2, 0.25) is 5.91 Å². The molecule has 0 unspecified atom stereocenters. The average molecular weight is 290 g/mol. The predicted molar refractivity (Wildman–Crippen MR) is 78.0 cm³/mol. The zero-order valence-corrected chi connectivity index (χ0v) is 11.9. The lowest BCUT2D eigenvalue weighted by molar-refractivity contribution is -0.118. The van der Waals surface area contributed by atoms with Crippen LogP contribution in [-0.4, -0.2) is 22.0 Å². The van der Waals surface area contributed by atoms with Crippen LogP contribution in [0.15, 0.2) is 29.6 Å². The summed E-state index contributed by atoms with van der Waals surface area (Å²) in [5, 5.41) is 13.8. The van der Waals surface area contributed by atoms with Crippen molar-refractivity contribution >= 4 is 28.9 Å². The molecule has 0 bridgehead atoms. The molecule has 0 spiro atoms. The van der Waals surface area contributed by atoms with E-state index in [1.165, 1.54) is 16.7 Å². The maximum absolute atomic E-state index is 11.6. The van der Waals surface area contributed by atoms with E-state index in [0.29, 0.717) is 10.7 Å². The van der Waals surface area contributed by atoms with Gasteiger partial charge in [-0.1, -0.05) is 13.8 Å². The first kappa shape index (κ1) is 14.2. The quantitative estimate of drug-likeness (QED) is 0.906. The molecule has 104 valence electrons. The highest BCUT2D eigenvalue weighted by Crippen LogP contribution is 2.25. The standard InChI is InChI=1S/C14H14N2O3S/c1-8(2)12(17)15-10-5-3-9(4-6-10)13-16-11(7-20-13)14(18)19/h3-8H,1-2H3,(H,15,17)(H,18,19). The number of carboxylic acids is 1. The SMILES string of the molecule is CC(C)C(=O)Nc1ccc(-c2nc(C(=O)O)cs2)cc1. The predicted octanol–water partition coefficient (Wildman–Crippen LogP) is 3.10. The molecule has 2 rings (SSSR count). The molecule has 0 fully saturated rings. The van der Waals surface area contributed by atoms with Crippen LogP contribution in [-0.2, 0) is 4.79 Å². The Hall–Kier alpha value is -2.21. The third-order valence-corrected chi connectivity index (χ3v) is 3.54. The number of anilines is 1. The fourth-order valence-corrected chi connectivity index (χ4v) is 2.29. The van der Waals surface area contributed by atoms with Gasteiger partial charge >= 0.3 is 5.97 Å². The van der Waals surface area contributed by atoms with E-state index in [1.54, 1.807) is 24.3 Å². The molecule has 1 aromatic heterocycles. The second-order valence-corrected chi connectivity index (χ2v) is 5.42. The van der Waals surface area contributed by atoms with Gasteiger partial charge in [0, 0.05) is 22.5 Å². The smallest absolute Gasteiger partial charge is 0.355 e. The van der Waals surface area contributed by atoms with Gasteiger partial charge in [0.25, 0.3) is 0 Å². The number of aromatic carboxylic acids is 1. The Labute approximate surface area is 120 Å². The number of thiazole rings is 1. The minimum atomic E-state index is -1.03. The first-order valence-electron chi connectivity index (χ1n) is 6.07. The summed E-state index contributed by atoms with van der Waals surface area (Å²) in [4.78, 5) is 26.4. The highest BCUT2D eigenvalue weighted by molar-refractivity contribution is 7.13. The van der Waals surface area contributed by atoms with Crippen molar-refractivity contribution in [1.29, 1.82) is 0 Å².